The quantitative estimate of drug-likeness (QED) is 0.704. The van der Waals surface area contributed by atoms with Gasteiger partial charge in [0.1, 0.15) is 0 Å². The molecule has 0 aliphatic rings. The van der Waals surface area contributed by atoms with E-state index in [1.54, 1.807) is 24.1 Å². The van der Waals surface area contributed by atoms with E-state index in [0.717, 1.165) is 11.3 Å². The monoisotopic (exact) mass is 341 g/mol. The molecule has 6 heteroatoms. The van der Waals surface area contributed by atoms with Gasteiger partial charge in [-0.25, -0.2) is 0 Å². The second-order valence-electron chi connectivity index (χ2n) is 5.30. The van der Waals surface area contributed by atoms with Crippen LogP contribution in [-0.4, -0.2) is 23.2 Å². The van der Waals surface area contributed by atoms with Crippen molar-refractivity contribution in [1.29, 1.82) is 0 Å². The maximum absolute atomic E-state index is 12.3. The molecule has 0 atom stereocenters. The van der Waals surface area contributed by atoms with Crippen LogP contribution in [0.4, 0.5) is 5.69 Å². The summed E-state index contributed by atoms with van der Waals surface area (Å²) in [7, 11) is 1.75. The van der Waals surface area contributed by atoms with Crippen LogP contribution in [0.3, 0.4) is 0 Å². The van der Waals surface area contributed by atoms with Gasteiger partial charge < -0.3 is 9.32 Å². The van der Waals surface area contributed by atoms with Gasteiger partial charge in [0.05, 0.1) is 0 Å². The summed E-state index contributed by atoms with van der Waals surface area (Å²) in [5.74, 6) is 0.854. The smallest absolute Gasteiger partial charge is 0.247 e. The van der Waals surface area contributed by atoms with Gasteiger partial charge in [-0.05, 0) is 36.4 Å². The van der Waals surface area contributed by atoms with Crippen LogP contribution >= 0.6 is 11.6 Å². The molecule has 24 heavy (non-hydrogen) atoms. The lowest BCUT2D eigenvalue weighted by Gasteiger charge is -2.16. The third-order valence-corrected chi connectivity index (χ3v) is 3.88. The molecule has 0 spiro atoms. The molecule has 3 aromatic rings. The molecule has 1 aromatic heterocycles. The Morgan fingerprint density at radius 2 is 1.79 bits per heavy atom. The lowest BCUT2D eigenvalue weighted by Crippen LogP contribution is -2.26. The predicted octanol–water partition coefficient (Wildman–Crippen LogP) is 3.99. The van der Waals surface area contributed by atoms with Gasteiger partial charge in [-0.3, -0.25) is 4.79 Å². The standard InChI is InChI=1S/C18H16ClN3O2/c1-22(15-5-3-2-4-6-15)17(23)12-11-16-20-21-18(24-16)13-7-9-14(19)10-8-13/h2-10H,11-12H2,1H3. The van der Waals surface area contributed by atoms with Gasteiger partial charge in [-0.1, -0.05) is 29.8 Å². The molecule has 3 rings (SSSR count). The fraction of sp³-hybridized carbons (Fsp3) is 0.167. The first-order valence-corrected chi connectivity index (χ1v) is 7.91. The van der Waals surface area contributed by atoms with E-state index in [9.17, 15) is 4.79 Å². The molecule has 0 radical (unpaired) electrons. The van der Waals surface area contributed by atoms with Crippen LogP contribution in [0.1, 0.15) is 12.3 Å². The van der Waals surface area contributed by atoms with Crippen LogP contribution in [0, 0.1) is 0 Å². The SMILES string of the molecule is CN(C(=O)CCc1nnc(-c2ccc(Cl)cc2)o1)c1ccccc1. The molecule has 0 aliphatic heterocycles. The van der Waals surface area contributed by atoms with Crippen molar-refractivity contribution in [3.8, 4) is 11.5 Å². The summed E-state index contributed by atoms with van der Waals surface area (Å²) >= 11 is 5.86. The highest BCUT2D eigenvalue weighted by atomic mass is 35.5. The number of nitrogens with zero attached hydrogens (tertiary/aromatic N) is 3. The number of aromatic nitrogens is 2. The molecule has 2 aromatic carbocycles. The summed E-state index contributed by atoms with van der Waals surface area (Å²) in [6, 6.07) is 16.6. The number of halogens is 1. The van der Waals surface area contributed by atoms with E-state index in [1.807, 2.05) is 42.5 Å². The molecule has 0 saturated heterocycles. The number of amides is 1. The molecule has 0 N–H and O–H groups in total. The first-order chi connectivity index (χ1) is 11.6. The van der Waals surface area contributed by atoms with Crippen LogP contribution in [-0.2, 0) is 11.2 Å². The Labute approximate surface area is 144 Å². The van der Waals surface area contributed by atoms with Crippen molar-refractivity contribution in [1.82, 2.24) is 10.2 Å². The minimum absolute atomic E-state index is 0.00700. The number of anilines is 1. The van der Waals surface area contributed by atoms with Crippen LogP contribution in [0.25, 0.3) is 11.5 Å². The zero-order chi connectivity index (χ0) is 16.9. The van der Waals surface area contributed by atoms with E-state index < -0.39 is 0 Å². The molecule has 122 valence electrons. The summed E-state index contributed by atoms with van der Waals surface area (Å²) in [5.41, 5.74) is 1.65. The molecule has 1 amide bonds. The molecule has 1 heterocycles. The maximum atomic E-state index is 12.3. The van der Waals surface area contributed by atoms with Crippen molar-refractivity contribution < 1.29 is 9.21 Å². The minimum atomic E-state index is -0.00700. The fourth-order valence-electron chi connectivity index (χ4n) is 2.24. The van der Waals surface area contributed by atoms with Gasteiger partial charge in [-0.2, -0.15) is 0 Å². The number of carbonyl (C=O) groups excluding carboxylic acids is 1. The topological polar surface area (TPSA) is 59.2 Å². The predicted molar refractivity (Wildman–Crippen MR) is 92.9 cm³/mol. The maximum Gasteiger partial charge on any atom is 0.247 e. The highest BCUT2D eigenvalue weighted by Gasteiger charge is 2.14. The number of rotatable bonds is 5. The number of hydrogen-bond acceptors (Lipinski definition) is 4. The summed E-state index contributed by atoms with van der Waals surface area (Å²) in [6.45, 7) is 0. The zero-order valence-electron chi connectivity index (χ0n) is 13.1. The van der Waals surface area contributed by atoms with E-state index >= 15 is 0 Å². The van der Waals surface area contributed by atoms with Crippen molar-refractivity contribution in [3.05, 3.63) is 65.5 Å². The Morgan fingerprint density at radius 3 is 2.50 bits per heavy atom. The normalized spacial score (nSPS) is 10.6. The molecular weight excluding hydrogens is 326 g/mol. The van der Waals surface area contributed by atoms with E-state index in [-0.39, 0.29) is 5.91 Å². The largest absolute Gasteiger partial charge is 0.421 e. The Hall–Kier alpha value is -2.66. The number of hydrogen-bond donors (Lipinski definition) is 0. The van der Waals surface area contributed by atoms with E-state index in [0.29, 0.717) is 29.6 Å². The van der Waals surface area contributed by atoms with Crippen LogP contribution in [0.15, 0.2) is 59.0 Å². The highest BCUT2D eigenvalue weighted by Crippen LogP contribution is 2.21. The molecule has 0 bridgehead atoms. The van der Waals surface area contributed by atoms with Gasteiger partial charge in [0, 0.05) is 36.2 Å². The third kappa shape index (κ3) is 3.81. The Balaban J connectivity index is 1.61. The highest BCUT2D eigenvalue weighted by molar-refractivity contribution is 6.30. The second kappa shape index (κ2) is 7.27. The summed E-state index contributed by atoms with van der Waals surface area (Å²) in [5, 5.41) is 8.66. The molecule has 0 unspecified atom stereocenters. The average molecular weight is 342 g/mol. The average Bonchev–Trinajstić information content (AvgIpc) is 3.09. The van der Waals surface area contributed by atoms with Gasteiger partial charge in [0.2, 0.25) is 17.7 Å². The Bertz CT molecular complexity index is 816. The van der Waals surface area contributed by atoms with Gasteiger partial charge >= 0.3 is 0 Å². The van der Waals surface area contributed by atoms with Crippen molar-refractivity contribution in [3.63, 3.8) is 0 Å². The Morgan fingerprint density at radius 1 is 1.08 bits per heavy atom. The number of para-hydroxylation sites is 1. The number of carbonyl (C=O) groups is 1. The van der Waals surface area contributed by atoms with Gasteiger partial charge in [0.25, 0.3) is 0 Å². The lowest BCUT2D eigenvalue weighted by atomic mass is 10.2. The van der Waals surface area contributed by atoms with Crippen LogP contribution in [0.2, 0.25) is 5.02 Å². The molecule has 0 saturated carbocycles. The van der Waals surface area contributed by atoms with Crippen molar-refractivity contribution in [2.45, 2.75) is 12.8 Å². The van der Waals surface area contributed by atoms with Crippen molar-refractivity contribution in [2.24, 2.45) is 0 Å². The van der Waals surface area contributed by atoms with Crippen LogP contribution in [0.5, 0.6) is 0 Å². The van der Waals surface area contributed by atoms with Crippen molar-refractivity contribution in [2.75, 3.05) is 11.9 Å². The second-order valence-corrected chi connectivity index (χ2v) is 5.73. The fourth-order valence-corrected chi connectivity index (χ4v) is 2.37. The van der Waals surface area contributed by atoms with E-state index in [1.165, 1.54) is 0 Å². The molecular formula is C18H16ClN3O2. The zero-order valence-corrected chi connectivity index (χ0v) is 13.9. The summed E-state index contributed by atoms with van der Waals surface area (Å²) in [4.78, 5) is 13.9. The lowest BCUT2D eigenvalue weighted by molar-refractivity contribution is -0.118. The molecule has 0 aliphatic carbocycles. The Kier molecular flexibility index (Phi) is 4.91. The first kappa shape index (κ1) is 16.2. The molecule has 0 fully saturated rings. The number of benzene rings is 2. The molecule has 5 nitrogen and oxygen atoms in total. The summed E-state index contributed by atoms with van der Waals surface area (Å²) in [6.07, 6.45) is 0.699. The third-order valence-electron chi connectivity index (χ3n) is 3.63. The van der Waals surface area contributed by atoms with E-state index in [2.05, 4.69) is 10.2 Å². The summed E-state index contributed by atoms with van der Waals surface area (Å²) < 4.78 is 5.61. The van der Waals surface area contributed by atoms with Gasteiger partial charge in [-0.15, -0.1) is 10.2 Å². The van der Waals surface area contributed by atoms with Crippen LogP contribution < -0.4 is 4.90 Å². The van der Waals surface area contributed by atoms with E-state index in [4.69, 9.17) is 16.0 Å². The van der Waals surface area contributed by atoms with Gasteiger partial charge in [0.15, 0.2) is 0 Å². The number of aryl methyl sites for hydroxylation is 1. The first-order valence-electron chi connectivity index (χ1n) is 7.53. The minimum Gasteiger partial charge on any atom is -0.421 e. The van der Waals surface area contributed by atoms with Crippen molar-refractivity contribution >= 4 is 23.2 Å².